The van der Waals surface area contributed by atoms with Crippen LogP contribution >= 0.6 is 0 Å². The van der Waals surface area contributed by atoms with Crippen molar-refractivity contribution >= 4 is 10.0 Å². The normalized spacial score (nSPS) is 11.7. The number of sulfonamides is 1. The number of H-pyrrole nitrogens is 1. The number of rotatable bonds is 1. The summed E-state index contributed by atoms with van der Waals surface area (Å²) in [5, 5.41) is 16.7. The Hall–Kier alpha value is -1.02. The van der Waals surface area contributed by atoms with E-state index in [1.807, 2.05) is 5.10 Å². The summed E-state index contributed by atoms with van der Waals surface area (Å²) in [5.41, 5.74) is 0. The lowest BCUT2D eigenvalue weighted by Crippen LogP contribution is -2.02. The molecular weight excluding hydrogens is 146 g/mol. The summed E-state index contributed by atoms with van der Waals surface area (Å²) in [6, 6.07) is 0. The van der Waals surface area contributed by atoms with Crippen LogP contribution in [0, 0.1) is 0 Å². The molecule has 0 amide bonds. The van der Waals surface area contributed by atoms with Crippen molar-refractivity contribution in [1.29, 1.82) is 0 Å². The highest BCUT2D eigenvalue weighted by atomic mass is 32.2. The maximum atomic E-state index is 10.2. The molecule has 1 aromatic heterocycles. The second-order valence-corrected chi connectivity index (χ2v) is 2.60. The molecule has 0 aliphatic heterocycles. The van der Waals surface area contributed by atoms with Crippen LogP contribution < -0.4 is 5.14 Å². The van der Waals surface area contributed by atoms with Crippen LogP contribution in [0.15, 0.2) is 5.16 Å². The molecule has 0 bridgehead atoms. The van der Waals surface area contributed by atoms with Gasteiger partial charge in [0, 0.05) is 0 Å². The maximum Gasteiger partial charge on any atom is 0.291 e. The molecule has 0 spiro atoms. The van der Waals surface area contributed by atoms with Gasteiger partial charge in [-0.3, -0.25) is 0 Å². The highest BCUT2D eigenvalue weighted by Crippen LogP contribution is 1.91. The summed E-state index contributed by atoms with van der Waals surface area (Å²) in [7, 11) is -4.00. The first-order valence-corrected chi connectivity index (χ1v) is 3.32. The zero-order chi connectivity index (χ0) is 6.91. The van der Waals surface area contributed by atoms with Crippen molar-refractivity contribution in [3.8, 4) is 0 Å². The van der Waals surface area contributed by atoms with Crippen LogP contribution in [0.4, 0.5) is 0 Å². The summed E-state index contributed by atoms with van der Waals surface area (Å²) in [6.45, 7) is 0. The number of hydrogen-bond acceptors (Lipinski definition) is 5. The van der Waals surface area contributed by atoms with Gasteiger partial charge < -0.3 is 0 Å². The van der Waals surface area contributed by atoms with E-state index in [1.54, 1.807) is 0 Å². The number of aromatic nitrogens is 4. The summed E-state index contributed by atoms with van der Waals surface area (Å²) < 4.78 is 20.4. The van der Waals surface area contributed by atoms with Gasteiger partial charge in [0.1, 0.15) is 0 Å². The molecule has 0 atom stereocenters. The van der Waals surface area contributed by atoms with E-state index in [1.165, 1.54) is 0 Å². The third-order valence-corrected chi connectivity index (χ3v) is 1.26. The number of hydrogen-bond donors (Lipinski definition) is 1. The fourth-order valence-electron chi connectivity index (χ4n) is 0.264. The molecule has 0 unspecified atom stereocenters. The second-order valence-electron chi connectivity index (χ2n) is 1.21. The van der Waals surface area contributed by atoms with E-state index < -0.39 is 15.2 Å². The predicted molar refractivity (Wildman–Crippen MR) is 24.5 cm³/mol. The van der Waals surface area contributed by atoms with Gasteiger partial charge in [0.25, 0.3) is 15.2 Å². The highest BCUT2D eigenvalue weighted by molar-refractivity contribution is 7.88. The molecule has 7 nitrogen and oxygen atoms in total. The lowest BCUT2D eigenvalue weighted by Gasteiger charge is -1.81. The lowest BCUT2D eigenvalue weighted by atomic mass is 11.4. The molecule has 1 heterocycles. The van der Waals surface area contributed by atoms with Gasteiger partial charge in [0.15, 0.2) is 0 Å². The van der Waals surface area contributed by atoms with Crippen LogP contribution in [0.5, 0.6) is 0 Å². The van der Waals surface area contributed by atoms with Crippen molar-refractivity contribution in [3.05, 3.63) is 0 Å². The van der Waals surface area contributed by atoms with E-state index in [-0.39, 0.29) is 0 Å². The number of nitrogens with one attached hydrogen (secondary N) is 2. The van der Waals surface area contributed by atoms with E-state index in [2.05, 4.69) is 15.5 Å². The average Bonchev–Trinajstić information content (AvgIpc) is 2.08. The van der Waals surface area contributed by atoms with Gasteiger partial charge in [0.2, 0.25) is 0 Å². The molecule has 1 radical (unpaired) electrons. The van der Waals surface area contributed by atoms with Gasteiger partial charge >= 0.3 is 0 Å². The highest BCUT2D eigenvalue weighted by Gasteiger charge is 2.11. The Morgan fingerprint density at radius 3 is 2.44 bits per heavy atom. The third-order valence-electron chi connectivity index (χ3n) is 0.580. The minimum absolute atomic E-state index is 0.539. The number of tetrazole rings is 1. The van der Waals surface area contributed by atoms with Gasteiger partial charge in [0.05, 0.1) is 0 Å². The van der Waals surface area contributed by atoms with Crippen molar-refractivity contribution in [1.82, 2.24) is 25.8 Å². The Balaban J connectivity index is 3.20. The Labute approximate surface area is 50.3 Å². The number of nitrogens with zero attached hydrogens (tertiary/aromatic N) is 3. The largest absolute Gasteiger partial charge is 0.291 e. The summed E-state index contributed by atoms with van der Waals surface area (Å²) in [5.74, 6) is 0. The van der Waals surface area contributed by atoms with E-state index in [0.717, 1.165) is 0 Å². The van der Waals surface area contributed by atoms with Crippen molar-refractivity contribution < 1.29 is 8.42 Å². The van der Waals surface area contributed by atoms with Crippen LogP contribution in [0.2, 0.25) is 0 Å². The van der Waals surface area contributed by atoms with Gasteiger partial charge in [-0.05, 0) is 10.4 Å². The maximum absolute atomic E-state index is 10.2. The molecule has 0 fully saturated rings. The van der Waals surface area contributed by atoms with Crippen LogP contribution in [0.25, 0.3) is 0 Å². The first kappa shape index (κ1) is 6.11. The van der Waals surface area contributed by atoms with Crippen molar-refractivity contribution in [2.45, 2.75) is 5.16 Å². The minimum Gasteiger partial charge on any atom is -0.228 e. The zero-order valence-electron chi connectivity index (χ0n) is 4.07. The Kier molecular flexibility index (Phi) is 1.18. The zero-order valence-corrected chi connectivity index (χ0v) is 4.88. The molecule has 0 saturated heterocycles. The molecule has 8 heteroatoms. The van der Waals surface area contributed by atoms with E-state index in [0.29, 0.717) is 0 Å². The summed E-state index contributed by atoms with van der Waals surface area (Å²) in [4.78, 5) is 0. The molecule has 1 aromatic rings. The molecule has 2 N–H and O–H groups in total. The smallest absolute Gasteiger partial charge is 0.228 e. The molecule has 49 valence electrons. The quantitative estimate of drug-likeness (QED) is 0.503. The van der Waals surface area contributed by atoms with Crippen molar-refractivity contribution in [2.24, 2.45) is 0 Å². The van der Waals surface area contributed by atoms with Crippen LogP contribution in [0.1, 0.15) is 0 Å². The van der Waals surface area contributed by atoms with Crippen molar-refractivity contribution in [2.75, 3.05) is 0 Å². The molecular formula is CH2N5O2S. The van der Waals surface area contributed by atoms with E-state index >= 15 is 0 Å². The first-order chi connectivity index (χ1) is 4.11. The Morgan fingerprint density at radius 2 is 2.22 bits per heavy atom. The molecule has 0 aromatic carbocycles. The van der Waals surface area contributed by atoms with Gasteiger partial charge in [-0.25, -0.2) is 13.5 Å². The van der Waals surface area contributed by atoms with Gasteiger partial charge in [-0.1, -0.05) is 5.10 Å². The number of aromatic amines is 1. The molecule has 1 rings (SSSR count). The van der Waals surface area contributed by atoms with Crippen LogP contribution in [-0.4, -0.2) is 29.0 Å². The first-order valence-electron chi connectivity index (χ1n) is 1.84. The fraction of sp³-hybridized carbons (Fsp3) is 0. The predicted octanol–water partition coefficient (Wildman–Crippen LogP) is -1.83. The van der Waals surface area contributed by atoms with Crippen LogP contribution in [-0.2, 0) is 10.0 Å². The Morgan fingerprint density at radius 1 is 1.56 bits per heavy atom. The summed E-state index contributed by atoms with van der Waals surface area (Å²) in [6.07, 6.45) is 0. The monoisotopic (exact) mass is 148 g/mol. The average molecular weight is 148 g/mol. The fourth-order valence-corrected chi connectivity index (χ4v) is 0.569. The molecule has 0 aliphatic carbocycles. The van der Waals surface area contributed by atoms with Crippen molar-refractivity contribution in [3.63, 3.8) is 0 Å². The van der Waals surface area contributed by atoms with Gasteiger partial charge in [-0.15, -0.1) is 5.14 Å². The van der Waals surface area contributed by atoms with E-state index in [4.69, 9.17) is 5.14 Å². The molecule has 0 saturated carbocycles. The Bertz CT molecular complexity index is 272. The standard InChI is InChI=1S/CH2N5O2S/c2-9(7,8)1-3-5-6-4-1/h2H,(H,3,4,5,6). The molecule has 0 aliphatic rings. The SMILES string of the molecule is [NH]S(=O)(=O)c1nnn[nH]1. The third kappa shape index (κ3) is 1.21. The lowest BCUT2D eigenvalue weighted by molar-refractivity contribution is 0.587. The second kappa shape index (κ2) is 1.74. The molecule has 9 heavy (non-hydrogen) atoms. The minimum atomic E-state index is -4.00. The van der Waals surface area contributed by atoms with E-state index in [9.17, 15) is 8.42 Å². The topological polar surface area (TPSA) is 112 Å². The summed E-state index contributed by atoms with van der Waals surface area (Å²) >= 11 is 0. The van der Waals surface area contributed by atoms with Crippen LogP contribution in [0.3, 0.4) is 0 Å². The van der Waals surface area contributed by atoms with Gasteiger partial charge in [-0.2, -0.15) is 0 Å².